The van der Waals surface area contributed by atoms with Crippen LogP contribution in [0.3, 0.4) is 0 Å². The van der Waals surface area contributed by atoms with E-state index in [0.717, 1.165) is 27.7 Å². The molecule has 4 heteroatoms. The molecule has 0 saturated carbocycles. The maximum absolute atomic E-state index is 12.2. The number of fused-ring (bicyclic) bond motifs is 1. The summed E-state index contributed by atoms with van der Waals surface area (Å²) in [7, 11) is 0. The largest absolute Gasteiger partial charge is 0.457 e. The zero-order valence-electron chi connectivity index (χ0n) is 13.0. The normalized spacial score (nSPS) is 10.5. The van der Waals surface area contributed by atoms with E-state index in [1.165, 1.54) is 0 Å². The molecule has 3 rings (SSSR count). The van der Waals surface area contributed by atoms with Gasteiger partial charge in [0.1, 0.15) is 6.61 Å². The van der Waals surface area contributed by atoms with E-state index >= 15 is 0 Å². The second-order valence-electron chi connectivity index (χ2n) is 5.52. The second kappa shape index (κ2) is 5.98. The van der Waals surface area contributed by atoms with Crippen LogP contribution in [-0.2, 0) is 11.3 Å². The molecule has 4 nitrogen and oxygen atoms in total. The van der Waals surface area contributed by atoms with E-state index in [2.05, 4.69) is 11.1 Å². The quantitative estimate of drug-likeness (QED) is 0.743. The summed E-state index contributed by atoms with van der Waals surface area (Å²) in [6.07, 6.45) is 0. The Morgan fingerprint density at radius 3 is 2.61 bits per heavy atom. The Balaban J connectivity index is 1.75. The lowest BCUT2D eigenvalue weighted by atomic mass is 10.1. The number of nitrogens with one attached hydrogen (secondary N) is 1. The fourth-order valence-corrected chi connectivity index (χ4v) is 2.50. The number of aromatic amines is 1. The number of hydrogen-bond acceptors (Lipinski definition) is 3. The molecule has 23 heavy (non-hydrogen) atoms. The Bertz CT molecular complexity index is 915. The monoisotopic (exact) mass is 304 g/mol. The minimum atomic E-state index is -0.352. The van der Waals surface area contributed by atoms with Crippen molar-refractivity contribution in [3.05, 3.63) is 70.4 Å². The highest BCUT2D eigenvalue weighted by Crippen LogP contribution is 2.22. The highest BCUT2D eigenvalue weighted by Gasteiger charge is 2.11. The Kier molecular flexibility index (Phi) is 3.86. The summed E-state index contributed by atoms with van der Waals surface area (Å²) in [5, 5.41) is 9.81. The number of aryl methyl sites for hydroxylation is 2. The number of esters is 1. The summed E-state index contributed by atoms with van der Waals surface area (Å²) in [4.78, 5) is 15.5. The molecule has 2 aromatic carbocycles. The Morgan fingerprint density at radius 1 is 1.17 bits per heavy atom. The average Bonchev–Trinajstić information content (AvgIpc) is 2.87. The number of carbonyl (C=O) groups is 1. The molecule has 0 bridgehead atoms. The zero-order valence-corrected chi connectivity index (χ0v) is 13.0. The number of rotatable bonds is 3. The van der Waals surface area contributed by atoms with Crippen molar-refractivity contribution >= 4 is 16.9 Å². The third kappa shape index (κ3) is 2.95. The van der Waals surface area contributed by atoms with E-state index < -0.39 is 0 Å². The number of hydrogen-bond donors (Lipinski definition) is 1. The maximum atomic E-state index is 12.2. The van der Waals surface area contributed by atoms with Gasteiger partial charge in [-0.1, -0.05) is 12.1 Å². The first-order chi connectivity index (χ1) is 11.1. The highest BCUT2D eigenvalue weighted by molar-refractivity contribution is 5.96. The van der Waals surface area contributed by atoms with Gasteiger partial charge < -0.3 is 9.72 Å². The third-order valence-electron chi connectivity index (χ3n) is 4.00. The molecular formula is C19H16N2O2. The van der Waals surface area contributed by atoms with Gasteiger partial charge in [-0.05, 0) is 55.3 Å². The van der Waals surface area contributed by atoms with E-state index in [0.29, 0.717) is 11.1 Å². The molecule has 0 radical (unpaired) electrons. The average molecular weight is 304 g/mol. The molecule has 1 heterocycles. The lowest BCUT2D eigenvalue weighted by molar-refractivity contribution is 0.0473. The molecule has 0 aliphatic carbocycles. The molecular weight excluding hydrogens is 288 g/mol. The molecule has 0 amide bonds. The van der Waals surface area contributed by atoms with Crippen molar-refractivity contribution in [1.82, 2.24) is 4.98 Å². The summed E-state index contributed by atoms with van der Waals surface area (Å²) in [5.41, 5.74) is 5.23. The van der Waals surface area contributed by atoms with Crippen LogP contribution in [0.4, 0.5) is 0 Å². The number of H-pyrrole nitrogens is 1. The molecule has 0 atom stereocenters. The van der Waals surface area contributed by atoms with Crippen LogP contribution < -0.4 is 0 Å². The van der Waals surface area contributed by atoms with Crippen molar-refractivity contribution in [3.63, 3.8) is 0 Å². The summed E-state index contributed by atoms with van der Waals surface area (Å²) < 4.78 is 5.35. The fraction of sp³-hybridized carbons (Fsp3) is 0.158. The van der Waals surface area contributed by atoms with Crippen molar-refractivity contribution in [2.45, 2.75) is 20.5 Å². The standard InChI is InChI=1S/C19H16N2O2/c1-12-13(2)21-18-8-7-16(9-17(12)18)19(22)23-11-15-5-3-14(10-20)4-6-15/h3-9,21H,11H2,1-2H3. The predicted octanol–water partition coefficient (Wildman–Crippen LogP) is 4.01. The van der Waals surface area contributed by atoms with Gasteiger partial charge in [-0.25, -0.2) is 4.79 Å². The van der Waals surface area contributed by atoms with Crippen LogP contribution in [0.2, 0.25) is 0 Å². The number of ether oxygens (including phenoxy) is 1. The van der Waals surface area contributed by atoms with Crippen molar-refractivity contribution in [1.29, 1.82) is 5.26 Å². The van der Waals surface area contributed by atoms with Crippen LogP contribution in [0.1, 0.15) is 32.7 Å². The van der Waals surface area contributed by atoms with Crippen LogP contribution in [0.15, 0.2) is 42.5 Å². The zero-order chi connectivity index (χ0) is 16.4. The number of aromatic nitrogens is 1. The van der Waals surface area contributed by atoms with Gasteiger partial charge in [-0.15, -0.1) is 0 Å². The summed E-state index contributed by atoms with van der Waals surface area (Å²) in [6, 6.07) is 14.6. The van der Waals surface area contributed by atoms with Crippen LogP contribution in [-0.4, -0.2) is 11.0 Å². The molecule has 0 unspecified atom stereocenters. The molecule has 0 saturated heterocycles. The summed E-state index contributed by atoms with van der Waals surface area (Å²) in [6.45, 7) is 4.23. The van der Waals surface area contributed by atoms with Crippen LogP contribution in [0, 0.1) is 25.2 Å². The number of benzene rings is 2. The molecule has 3 aromatic rings. The van der Waals surface area contributed by atoms with Gasteiger partial charge >= 0.3 is 5.97 Å². The lowest BCUT2D eigenvalue weighted by Gasteiger charge is -2.05. The SMILES string of the molecule is Cc1[nH]c2ccc(C(=O)OCc3ccc(C#N)cc3)cc2c1C. The first-order valence-corrected chi connectivity index (χ1v) is 7.33. The molecule has 0 fully saturated rings. The minimum absolute atomic E-state index is 0.188. The number of nitrogens with zero attached hydrogens (tertiary/aromatic N) is 1. The van der Waals surface area contributed by atoms with Gasteiger partial charge in [-0.2, -0.15) is 5.26 Å². The Hall–Kier alpha value is -3.06. The highest BCUT2D eigenvalue weighted by atomic mass is 16.5. The van der Waals surface area contributed by atoms with Crippen molar-refractivity contribution in [2.75, 3.05) is 0 Å². The number of nitriles is 1. The maximum Gasteiger partial charge on any atom is 0.338 e. The molecule has 114 valence electrons. The molecule has 1 N–H and O–H groups in total. The lowest BCUT2D eigenvalue weighted by Crippen LogP contribution is -2.05. The smallest absolute Gasteiger partial charge is 0.338 e. The Morgan fingerprint density at radius 2 is 1.91 bits per heavy atom. The molecule has 0 aliphatic rings. The van der Waals surface area contributed by atoms with E-state index in [-0.39, 0.29) is 12.6 Å². The topological polar surface area (TPSA) is 65.9 Å². The van der Waals surface area contributed by atoms with Gasteiger partial charge in [0, 0.05) is 16.6 Å². The van der Waals surface area contributed by atoms with Crippen molar-refractivity contribution < 1.29 is 9.53 Å². The summed E-state index contributed by atoms with van der Waals surface area (Å²) >= 11 is 0. The first kappa shape index (κ1) is 14.9. The minimum Gasteiger partial charge on any atom is -0.457 e. The number of carbonyl (C=O) groups excluding carboxylic acids is 1. The second-order valence-corrected chi connectivity index (χ2v) is 5.52. The van der Waals surface area contributed by atoms with Gasteiger partial charge in [0.15, 0.2) is 0 Å². The van der Waals surface area contributed by atoms with Crippen LogP contribution in [0.5, 0.6) is 0 Å². The summed E-state index contributed by atoms with van der Waals surface area (Å²) in [5.74, 6) is -0.352. The molecule has 0 spiro atoms. The fourth-order valence-electron chi connectivity index (χ4n) is 2.50. The van der Waals surface area contributed by atoms with Crippen molar-refractivity contribution in [2.24, 2.45) is 0 Å². The van der Waals surface area contributed by atoms with Gasteiger partial charge in [0.2, 0.25) is 0 Å². The third-order valence-corrected chi connectivity index (χ3v) is 4.00. The van der Waals surface area contributed by atoms with Gasteiger partial charge in [-0.3, -0.25) is 0 Å². The van der Waals surface area contributed by atoms with Crippen LogP contribution in [0.25, 0.3) is 10.9 Å². The van der Waals surface area contributed by atoms with Gasteiger partial charge in [0.05, 0.1) is 17.2 Å². The van der Waals surface area contributed by atoms with Crippen LogP contribution >= 0.6 is 0 Å². The molecule has 0 aliphatic heterocycles. The molecule has 1 aromatic heterocycles. The Labute approximate surface area is 134 Å². The van der Waals surface area contributed by atoms with Gasteiger partial charge in [0.25, 0.3) is 0 Å². The van der Waals surface area contributed by atoms with E-state index in [9.17, 15) is 4.79 Å². The van der Waals surface area contributed by atoms with Crippen molar-refractivity contribution in [3.8, 4) is 6.07 Å². The van der Waals surface area contributed by atoms with E-state index in [1.807, 2.05) is 26.0 Å². The first-order valence-electron chi connectivity index (χ1n) is 7.33. The van der Waals surface area contributed by atoms with E-state index in [4.69, 9.17) is 10.00 Å². The van der Waals surface area contributed by atoms with E-state index in [1.54, 1.807) is 30.3 Å². The predicted molar refractivity (Wildman–Crippen MR) is 88.0 cm³/mol.